The van der Waals surface area contributed by atoms with Crippen LogP contribution in [0.3, 0.4) is 0 Å². The minimum Gasteiger partial charge on any atom is -0.212 e. The molecule has 0 aliphatic heterocycles. The normalized spacial score (nSPS) is 34.3. The molecule has 2 rings (SSSR count). The molecule has 0 spiro atoms. The van der Waals surface area contributed by atoms with E-state index < -0.39 is 40.3 Å². The van der Waals surface area contributed by atoms with E-state index >= 15 is 0 Å². The Kier molecular flexibility index (Phi) is 5.41. The van der Waals surface area contributed by atoms with Crippen LogP contribution in [0.25, 0.3) is 0 Å². The zero-order valence-corrected chi connectivity index (χ0v) is 14.7. The van der Waals surface area contributed by atoms with Gasteiger partial charge in [0.15, 0.2) is 0 Å². The van der Waals surface area contributed by atoms with Crippen molar-refractivity contribution in [2.24, 2.45) is 11.8 Å². The van der Waals surface area contributed by atoms with Crippen LogP contribution < -0.4 is 0 Å². The fourth-order valence-electron chi connectivity index (χ4n) is 3.58. The number of hydrogen-bond donors (Lipinski definition) is 0. The molecule has 0 radical (unpaired) electrons. The first kappa shape index (κ1) is 19.0. The average molecular weight is 376 g/mol. The molecule has 2 saturated carbocycles. The summed E-state index contributed by atoms with van der Waals surface area (Å²) in [7, 11) is -8.79. The Labute approximate surface area is 135 Å². The molecule has 0 N–H and O–H groups in total. The van der Waals surface area contributed by atoms with E-state index in [0.717, 1.165) is 0 Å². The third-order valence-electron chi connectivity index (χ3n) is 5.24. The smallest absolute Gasteiger partial charge is 0.212 e. The summed E-state index contributed by atoms with van der Waals surface area (Å²) in [6.45, 7) is 2.00. The van der Waals surface area contributed by atoms with Gasteiger partial charge in [0.2, 0.25) is 0 Å². The fraction of sp³-hybridized carbons (Fsp3) is 1.00. The number of alkyl halides is 3. The van der Waals surface area contributed by atoms with Crippen molar-refractivity contribution in [2.75, 3.05) is 0 Å². The van der Waals surface area contributed by atoms with Crippen LogP contribution >= 0.6 is 0 Å². The lowest BCUT2D eigenvalue weighted by molar-refractivity contribution is -0.181. The van der Waals surface area contributed by atoms with Gasteiger partial charge in [-0.3, -0.25) is 0 Å². The molecule has 0 amide bonds. The van der Waals surface area contributed by atoms with Gasteiger partial charge in [-0.15, -0.1) is 0 Å². The van der Waals surface area contributed by atoms with Crippen LogP contribution in [-0.4, -0.2) is 33.5 Å². The summed E-state index contributed by atoms with van der Waals surface area (Å²) in [6, 6.07) is 0. The summed E-state index contributed by atoms with van der Waals surface area (Å²) in [5.74, 6) is -1.14. The maximum Gasteiger partial charge on any atom is 0.391 e. The Balaban J connectivity index is 2.10. The summed E-state index contributed by atoms with van der Waals surface area (Å²) >= 11 is 0. The maximum atomic E-state index is 12.7. The number of hydrogen-bond acceptors (Lipinski definition) is 4. The molecule has 0 heterocycles. The monoisotopic (exact) mass is 376 g/mol. The van der Waals surface area contributed by atoms with Gasteiger partial charge >= 0.3 is 6.18 Å². The molecular formula is C14H23F3O4S2. The lowest BCUT2D eigenvalue weighted by Gasteiger charge is -2.31. The Hall–Kier alpha value is -0.310. The van der Waals surface area contributed by atoms with Crippen molar-refractivity contribution in [1.82, 2.24) is 0 Å². The molecule has 136 valence electrons. The highest BCUT2D eigenvalue weighted by Crippen LogP contribution is 2.41. The first-order chi connectivity index (χ1) is 10.5. The van der Waals surface area contributed by atoms with E-state index in [1.165, 1.54) is 0 Å². The van der Waals surface area contributed by atoms with Gasteiger partial charge < -0.3 is 0 Å². The first-order valence-electron chi connectivity index (χ1n) is 8.00. The second kappa shape index (κ2) is 6.54. The predicted molar refractivity (Wildman–Crippen MR) is 81.1 cm³/mol. The van der Waals surface area contributed by atoms with Crippen LogP contribution in [0.5, 0.6) is 0 Å². The van der Waals surface area contributed by atoms with E-state index in [4.69, 9.17) is 0 Å². The third-order valence-corrected chi connectivity index (χ3v) is 12.0. The van der Waals surface area contributed by atoms with E-state index in [0.29, 0.717) is 31.6 Å². The van der Waals surface area contributed by atoms with E-state index in [9.17, 15) is 30.0 Å². The van der Waals surface area contributed by atoms with Crippen LogP contribution in [0.1, 0.15) is 58.3 Å². The van der Waals surface area contributed by atoms with Crippen molar-refractivity contribution in [3.63, 3.8) is 0 Å². The van der Waals surface area contributed by atoms with Crippen LogP contribution in [-0.2, 0) is 17.7 Å². The largest absolute Gasteiger partial charge is 0.391 e. The van der Waals surface area contributed by atoms with Gasteiger partial charge in [0.25, 0.3) is 17.7 Å². The van der Waals surface area contributed by atoms with Gasteiger partial charge in [0, 0.05) is 0 Å². The minimum atomic E-state index is -4.44. The highest BCUT2D eigenvalue weighted by Gasteiger charge is 2.48. The van der Waals surface area contributed by atoms with Crippen molar-refractivity contribution in [3.8, 4) is 0 Å². The van der Waals surface area contributed by atoms with Crippen molar-refractivity contribution < 1.29 is 30.0 Å². The average Bonchev–Trinajstić information content (AvgIpc) is 2.46. The van der Waals surface area contributed by atoms with Crippen molar-refractivity contribution in [3.05, 3.63) is 0 Å². The Morgan fingerprint density at radius 3 is 1.39 bits per heavy atom. The molecule has 0 atom stereocenters. The third kappa shape index (κ3) is 3.86. The molecule has 2 fully saturated rings. The van der Waals surface area contributed by atoms with Gasteiger partial charge in [0.05, 0.1) is 16.4 Å². The van der Waals surface area contributed by atoms with Crippen molar-refractivity contribution in [1.29, 1.82) is 0 Å². The molecular weight excluding hydrogens is 353 g/mol. The van der Waals surface area contributed by atoms with E-state index in [-0.39, 0.29) is 25.7 Å². The molecule has 0 unspecified atom stereocenters. The van der Waals surface area contributed by atoms with Gasteiger partial charge in [-0.2, -0.15) is 13.2 Å². The molecule has 2 aliphatic carbocycles. The maximum absolute atomic E-state index is 12.7. The molecule has 0 aromatic heterocycles. The molecule has 23 heavy (non-hydrogen) atoms. The van der Waals surface area contributed by atoms with Crippen LogP contribution in [0.15, 0.2) is 0 Å². The van der Waals surface area contributed by atoms with Crippen LogP contribution in [0.4, 0.5) is 13.2 Å². The number of halogens is 3. The Morgan fingerprint density at radius 2 is 1.04 bits per heavy atom. The summed E-state index contributed by atoms with van der Waals surface area (Å²) in [6.07, 6.45) is -3.45. The van der Waals surface area contributed by atoms with Gasteiger partial charge in [-0.1, -0.05) is 6.92 Å². The highest BCUT2D eigenvalue weighted by molar-refractivity contribution is 8.67. The standard InChI is InChI=1S/C14H23F3O4S2/c1-10-2-6-12(7-3-10)22(18,19)23(20,21)13-8-4-11(5-9-13)14(15,16)17/h10-13H,2-9H2,1H3. The SMILES string of the molecule is CC1CCC(S(=O)(=O)S(=O)(=O)C2CCC(C(F)(F)F)CC2)CC1. The minimum absolute atomic E-state index is 0.227. The summed E-state index contributed by atoms with van der Waals surface area (Å²) in [5.41, 5.74) is 0. The first-order valence-corrected chi connectivity index (χ1v) is 11.6. The molecule has 0 bridgehead atoms. The topological polar surface area (TPSA) is 68.3 Å². The van der Waals surface area contributed by atoms with Crippen molar-refractivity contribution in [2.45, 2.75) is 75.0 Å². The molecule has 9 heteroatoms. The molecule has 0 aromatic carbocycles. The lowest BCUT2D eigenvalue weighted by atomic mass is 9.88. The Morgan fingerprint density at radius 1 is 0.696 bits per heavy atom. The summed E-state index contributed by atoms with van der Waals surface area (Å²) in [4.78, 5) is 0. The van der Waals surface area contributed by atoms with Crippen molar-refractivity contribution >= 4 is 17.7 Å². The number of rotatable bonds is 3. The van der Waals surface area contributed by atoms with Gasteiger partial charge in [-0.05, 0) is 57.3 Å². The quantitative estimate of drug-likeness (QED) is 0.708. The molecule has 2 aliphatic rings. The highest BCUT2D eigenvalue weighted by atomic mass is 33.2. The van der Waals surface area contributed by atoms with E-state index in [2.05, 4.69) is 0 Å². The van der Waals surface area contributed by atoms with E-state index in [1.807, 2.05) is 6.92 Å². The molecule has 4 nitrogen and oxygen atoms in total. The van der Waals surface area contributed by atoms with Crippen LogP contribution in [0, 0.1) is 11.8 Å². The van der Waals surface area contributed by atoms with E-state index in [1.54, 1.807) is 0 Å². The lowest BCUT2D eigenvalue weighted by Crippen LogP contribution is -2.40. The fourth-order valence-corrected chi connectivity index (χ4v) is 9.46. The predicted octanol–water partition coefficient (Wildman–Crippen LogP) is 3.43. The van der Waals surface area contributed by atoms with Gasteiger partial charge in [-0.25, -0.2) is 16.8 Å². The second-order valence-corrected chi connectivity index (χ2v) is 13.0. The van der Waals surface area contributed by atoms with Gasteiger partial charge in [0.1, 0.15) is 0 Å². The second-order valence-electron chi connectivity index (χ2n) is 6.88. The summed E-state index contributed by atoms with van der Waals surface area (Å²) in [5, 5.41) is -2.09. The zero-order valence-electron chi connectivity index (χ0n) is 13.0. The molecule has 0 saturated heterocycles. The summed E-state index contributed by atoms with van der Waals surface area (Å²) < 4.78 is 87.9. The zero-order chi connectivity index (χ0) is 17.5. The van der Waals surface area contributed by atoms with Crippen LogP contribution in [0.2, 0.25) is 0 Å². The Bertz CT molecular complexity index is 609. The molecule has 0 aromatic rings.